The van der Waals surface area contributed by atoms with Crippen molar-refractivity contribution in [1.82, 2.24) is 0 Å². The molecule has 0 spiro atoms. The van der Waals surface area contributed by atoms with E-state index in [-0.39, 0.29) is 5.97 Å². The van der Waals surface area contributed by atoms with Gasteiger partial charge < -0.3 is 4.74 Å². The monoisotopic (exact) mass is 162 g/mol. The summed E-state index contributed by atoms with van der Waals surface area (Å²) in [5.41, 5.74) is 0. The summed E-state index contributed by atoms with van der Waals surface area (Å²) in [4.78, 5) is 10.5. The lowest BCUT2D eigenvalue weighted by Crippen LogP contribution is -1.97. The molecule has 3 heteroatoms. The van der Waals surface area contributed by atoms with E-state index in [0.29, 0.717) is 17.9 Å². The van der Waals surface area contributed by atoms with Gasteiger partial charge in [0.1, 0.15) is 0 Å². The number of carbonyl (C=O) groups excluding carboxylic acids is 1. The van der Waals surface area contributed by atoms with Crippen LogP contribution in [0.15, 0.2) is 11.1 Å². The lowest BCUT2D eigenvalue weighted by Gasteiger charge is -1.93. The van der Waals surface area contributed by atoms with Crippen molar-refractivity contribution < 1.29 is 9.53 Å². The van der Waals surface area contributed by atoms with Crippen LogP contribution in [-0.4, -0.2) is 13.1 Å². The Hall–Kier alpha value is -0.500. The predicted molar refractivity (Wildman–Crippen MR) is 40.9 cm³/mol. The van der Waals surface area contributed by atoms with Crippen molar-refractivity contribution >= 4 is 17.6 Å². The number of ether oxygens (including phenoxy) is 1. The van der Waals surface area contributed by atoms with E-state index in [2.05, 4.69) is 4.74 Å². The molecule has 58 valence electrons. The van der Waals surface area contributed by atoms with Gasteiger partial charge in [0, 0.05) is 11.5 Å². The molecule has 0 aliphatic rings. The summed E-state index contributed by atoms with van der Waals surface area (Å²) in [6, 6.07) is 0. The van der Waals surface area contributed by atoms with Crippen LogP contribution in [-0.2, 0) is 9.53 Å². The maximum absolute atomic E-state index is 10.5. The van der Waals surface area contributed by atoms with Crippen molar-refractivity contribution in [2.45, 2.75) is 19.8 Å². The highest BCUT2D eigenvalue weighted by Gasteiger charge is 1.95. The molecule has 0 aromatic rings. The minimum atomic E-state index is -0.200. The highest BCUT2D eigenvalue weighted by atomic mass is 35.5. The average molecular weight is 163 g/mol. The van der Waals surface area contributed by atoms with E-state index in [1.54, 1.807) is 13.0 Å². The minimum Gasteiger partial charge on any atom is -0.469 e. The van der Waals surface area contributed by atoms with E-state index in [1.807, 2.05) is 0 Å². The zero-order valence-electron chi connectivity index (χ0n) is 6.19. The third kappa shape index (κ3) is 5.63. The number of esters is 1. The number of rotatable bonds is 3. The van der Waals surface area contributed by atoms with Crippen LogP contribution in [0.25, 0.3) is 0 Å². The summed E-state index contributed by atoms with van der Waals surface area (Å²) < 4.78 is 4.42. The highest BCUT2D eigenvalue weighted by molar-refractivity contribution is 6.29. The number of methoxy groups -OCH3 is 1. The molecule has 0 heterocycles. The van der Waals surface area contributed by atoms with Crippen molar-refractivity contribution in [3.05, 3.63) is 11.1 Å². The van der Waals surface area contributed by atoms with Crippen LogP contribution < -0.4 is 0 Å². The molecule has 0 aliphatic carbocycles. The van der Waals surface area contributed by atoms with E-state index >= 15 is 0 Å². The van der Waals surface area contributed by atoms with Crippen molar-refractivity contribution in [3.63, 3.8) is 0 Å². The molecule has 0 radical (unpaired) electrons. The summed E-state index contributed by atoms with van der Waals surface area (Å²) in [5.74, 6) is -0.200. The van der Waals surface area contributed by atoms with E-state index < -0.39 is 0 Å². The summed E-state index contributed by atoms with van der Waals surface area (Å²) in [7, 11) is 1.37. The average Bonchev–Trinajstić information content (AvgIpc) is 1.87. The van der Waals surface area contributed by atoms with Crippen LogP contribution in [0.4, 0.5) is 0 Å². The topological polar surface area (TPSA) is 26.3 Å². The molecule has 0 bridgehead atoms. The molecular formula is C7H11ClO2. The van der Waals surface area contributed by atoms with Gasteiger partial charge in [-0.15, -0.1) is 0 Å². The van der Waals surface area contributed by atoms with Crippen LogP contribution in [0.1, 0.15) is 19.8 Å². The van der Waals surface area contributed by atoms with Gasteiger partial charge in [0.15, 0.2) is 0 Å². The molecule has 0 N–H and O–H groups in total. The Bertz CT molecular complexity index is 137. The number of hydrogen-bond acceptors (Lipinski definition) is 2. The molecule has 0 saturated heterocycles. The zero-order valence-corrected chi connectivity index (χ0v) is 6.94. The summed E-state index contributed by atoms with van der Waals surface area (Å²) in [6.45, 7) is 1.78. The lowest BCUT2D eigenvalue weighted by atomic mass is 10.3. The predicted octanol–water partition coefficient (Wildman–Crippen LogP) is 2.08. The molecule has 0 rings (SSSR count). The van der Waals surface area contributed by atoms with Crippen LogP contribution in [0.2, 0.25) is 0 Å². The Morgan fingerprint density at radius 2 is 2.30 bits per heavy atom. The first-order chi connectivity index (χ1) is 4.66. The first kappa shape index (κ1) is 9.50. The Morgan fingerprint density at radius 1 is 1.70 bits per heavy atom. The first-order valence-corrected chi connectivity index (χ1v) is 3.43. The number of hydrogen-bond donors (Lipinski definition) is 0. The van der Waals surface area contributed by atoms with E-state index in [9.17, 15) is 4.79 Å². The SMILES string of the molecule is COC(=O)CC/C=C(\C)Cl. The van der Waals surface area contributed by atoms with Crippen molar-refractivity contribution in [3.8, 4) is 0 Å². The number of halogens is 1. The van der Waals surface area contributed by atoms with Crippen LogP contribution in [0.3, 0.4) is 0 Å². The maximum atomic E-state index is 10.5. The fraction of sp³-hybridized carbons (Fsp3) is 0.571. The van der Waals surface area contributed by atoms with Gasteiger partial charge in [0.25, 0.3) is 0 Å². The van der Waals surface area contributed by atoms with Gasteiger partial charge >= 0.3 is 5.97 Å². The molecule has 0 unspecified atom stereocenters. The van der Waals surface area contributed by atoms with Gasteiger partial charge in [0.2, 0.25) is 0 Å². The number of allylic oxidation sites excluding steroid dienone is 2. The second-order valence-corrected chi connectivity index (χ2v) is 2.50. The van der Waals surface area contributed by atoms with Crippen molar-refractivity contribution in [1.29, 1.82) is 0 Å². The molecule has 0 fully saturated rings. The molecule has 2 nitrogen and oxygen atoms in total. The minimum absolute atomic E-state index is 0.200. The van der Waals surface area contributed by atoms with Crippen molar-refractivity contribution in [2.24, 2.45) is 0 Å². The molecule has 0 aromatic carbocycles. The smallest absolute Gasteiger partial charge is 0.305 e. The molecule has 0 amide bonds. The highest BCUT2D eigenvalue weighted by Crippen LogP contribution is 2.02. The van der Waals surface area contributed by atoms with Gasteiger partial charge in [-0.1, -0.05) is 17.7 Å². The van der Waals surface area contributed by atoms with E-state index in [0.717, 1.165) is 0 Å². The Balaban J connectivity index is 3.37. The fourth-order valence-electron chi connectivity index (χ4n) is 0.491. The largest absolute Gasteiger partial charge is 0.469 e. The first-order valence-electron chi connectivity index (χ1n) is 3.06. The Morgan fingerprint density at radius 3 is 2.70 bits per heavy atom. The van der Waals surface area contributed by atoms with Crippen molar-refractivity contribution in [2.75, 3.05) is 7.11 Å². The summed E-state index contributed by atoms with van der Waals surface area (Å²) >= 11 is 5.51. The second-order valence-electron chi connectivity index (χ2n) is 1.91. The molecular weight excluding hydrogens is 152 g/mol. The lowest BCUT2D eigenvalue weighted by molar-refractivity contribution is -0.140. The normalized spacial score (nSPS) is 11.3. The van der Waals surface area contributed by atoms with E-state index in [4.69, 9.17) is 11.6 Å². The standard InChI is InChI=1S/C7H11ClO2/c1-6(8)4-3-5-7(9)10-2/h4H,3,5H2,1-2H3/b6-4+. The Labute approximate surface area is 65.8 Å². The third-order valence-corrected chi connectivity index (χ3v) is 1.16. The van der Waals surface area contributed by atoms with Gasteiger partial charge in [0.05, 0.1) is 7.11 Å². The van der Waals surface area contributed by atoms with Crippen LogP contribution >= 0.6 is 11.6 Å². The third-order valence-electron chi connectivity index (χ3n) is 1.00. The summed E-state index contributed by atoms with van der Waals surface area (Å²) in [6.07, 6.45) is 2.85. The molecule has 0 saturated carbocycles. The van der Waals surface area contributed by atoms with Crippen LogP contribution in [0, 0.1) is 0 Å². The van der Waals surface area contributed by atoms with Crippen LogP contribution in [0.5, 0.6) is 0 Å². The van der Waals surface area contributed by atoms with E-state index in [1.165, 1.54) is 7.11 Å². The van der Waals surface area contributed by atoms with Gasteiger partial charge in [-0.3, -0.25) is 4.79 Å². The molecule has 0 aliphatic heterocycles. The molecule has 10 heavy (non-hydrogen) atoms. The summed E-state index contributed by atoms with van der Waals surface area (Å²) in [5, 5.41) is 0.712. The maximum Gasteiger partial charge on any atom is 0.305 e. The second kappa shape index (κ2) is 5.30. The number of carbonyl (C=O) groups is 1. The van der Waals surface area contributed by atoms with Gasteiger partial charge in [-0.05, 0) is 13.3 Å². The zero-order chi connectivity index (χ0) is 7.98. The van der Waals surface area contributed by atoms with Gasteiger partial charge in [-0.25, -0.2) is 0 Å². The van der Waals surface area contributed by atoms with Gasteiger partial charge in [-0.2, -0.15) is 0 Å². The quantitative estimate of drug-likeness (QED) is 0.594. The molecule has 0 aromatic heterocycles. The Kier molecular flexibility index (Phi) is 5.03. The fourth-order valence-corrected chi connectivity index (χ4v) is 0.600. The molecule has 0 atom stereocenters.